The van der Waals surface area contributed by atoms with Crippen LogP contribution in [0.2, 0.25) is 5.02 Å². The van der Waals surface area contributed by atoms with Crippen LogP contribution in [0.1, 0.15) is 5.56 Å². The fourth-order valence-electron chi connectivity index (χ4n) is 0.776. The van der Waals surface area contributed by atoms with Crippen molar-refractivity contribution in [2.75, 3.05) is 0 Å². The first kappa shape index (κ1) is 10.5. The second-order valence-electron chi connectivity index (χ2n) is 2.27. The molecule has 0 aliphatic rings. The summed E-state index contributed by atoms with van der Waals surface area (Å²) in [6, 6.07) is 6.88. The van der Waals surface area contributed by atoms with Crippen molar-refractivity contribution in [3.05, 3.63) is 51.2 Å². The van der Waals surface area contributed by atoms with Crippen LogP contribution in [0.4, 0.5) is 0 Å². The van der Waals surface area contributed by atoms with Crippen LogP contribution in [0.15, 0.2) is 30.5 Å². The van der Waals surface area contributed by atoms with Gasteiger partial charge in [-0.2, -0.15) is 0 Å². The first-order valence-corrected chi connectivity index (χ1v) is 4.82. The molecule has 0 radical (unpaired) electrons. The van der Waals surface area contributed by atoms with Crippen molar-refractivity contribution < 1.29 is 4.92 Å². The number of nitro groups is 1. The van der Waals surface area contributed by atoms with Gasteiger partial charge < -0.3 is 0 Å². The molecule has 1 aromatic rings. The minimum absolute atomic E-state index is 0.476. The van der Waals surface area contributed by atoms with Gasteiger partial charge in [0, 0.05) is 5.02 Å². The Morgan fingerprint density at radius 3 is 2.46 bits per heavy atom. The summed E-state index contributed by atoms with van der Waals surface area (Å²) in [6.07, 6.45) is 0.962. The number of hydrogen-bond acceptors (Lipinski definition) is 2. The van der Waals surface area contributed by atoms with Gasteiger partial charge in [0.2, 0.25) is 6.20 Å². The fourth-order valence-corrected chi connectivity index (χ4v) is 1.49. The highest BCUT2D eigenvalue weighted by atomic mass is 127. The summed E-state index contributed by atoms with van der Waals surface area (Å²) in [5.41, 5.74) is 0.793. The number of halogens is 2. The fraction of sp³-hybridized carbons (Fsp3) is 0. The lowest BCUT2D eigenvalue weighted by atomic mass is 10.2. The first-order chi connectivity index (χ1) is 6.09. The van der Waals surface area contributed by atoms with Gasteiger partial charge in [-0.3, -0.25) is 10.1 Å². The van der Waals surface area contributed by atoms with E-state index in [2.05, 4.69) is 0 Å². The summed E-state index contributed by atoms with van der Waals surface area (Å²) >= 11 is 7.58. The highest BCUT2D eigenvalue weighted by molar-refractivity contribution is 14.1. The predicted molar refractivity (Wildman–Crippen MR) is 60.4 cm³/mol. The highest BCUT2D eigenvalue weighted by Gasteiger charge is 2.01. The Labute approximate surface area is 93.7 Å². The van der Waals surface area contributed by atoms with Gasteiger partial charge in [0.05, 0.1) is 8.50 Å². The second kappa shape index (κ2) is 4.57. The summed E-state index contributed by atoms with van der Waals surface area (Å²) in [4.78, 5) is 9.67. The summed E-state index contributed by atoms with van der Waals surface area (Å²) in [5.74, 6) is 0. The standard InChI is InChI=1S/C8H5ClINO2/c9-7-3-1-6(2-4-7)8(10)5-11(12)13/h1-5H/b8-5-. The molecule has 0 unspecified atom stereocenters. The maximum Gasteiger partial charge on any atom is 0.248 e. The molecular weight excluding hydrogens is 304 g/mol. The Morgan fingerprint density at radius 2 is 2.00 bits per heavy atom. The molecule has 0 aliphatic heterocycles. The number of benzene rings is 1. The number of hydrogen-bond donors (Lipinski definition) is 0. The molecule has 1 aromatic carbocycles. The van der Waals surface area contributed by atoms with E-state index < -0.39 is 4.92 Å². The van der Waals surface area contributed by atoms with E-state index in [-0.39, 0.29) is 0 Å². The highest BCUT2D eigenvalue weighted by Crippen LogP contribution is 2.22. The molecule has 13 heavy (non-hydrogen) atoms. The lowest BCUT2D eigenvalue weighted by molar-refractivity contribution is -0.401. The average Bonchev–Trinajstić information content (AvgIpc) is 2.04. The third kappa shape index (κ3) is 3.31. The van der Waals surface area contributed by atoms with Crippen LogP contribution in [0.5, 0.6) is 0 Å². The Balaban J connectivity index is 2.96. The molecule has 0 saturated heterocycles. The average molecular weight is 309 g/mol. The largest absolute Gasteiger partial charge is 0.259 e. The minimum Gasteiger partial charge on any atom is -0.259 e. The third-order valence-corrected chi connectivity index (χ3v) is 2.49. The van der Waals surface area contributed by atoms with Gasteiger partial charge in [-0.15, -0.1) is 0 Å². The van der Waals surface area contributed by atoms with Crippen molar-refractivity contribution in [2.45, 2.75) is 0 Å². The monoisotopic (exact) mass is 309 g/mol. The quantitative estimate of drug-likeness (QED) is 0.478. The van der Waals surface area contributed by atoms with Gasteiger partial charge in [-0.05, 0) is 40.3 Å². The maximum atomic E-state index is 10.1. The van der Waals surface area contributed by atoms with Gasteiger partial charge in [0.25, 0.3) is 0 Å². The molecule has 0 fully saturated rings. The van der Waals surface area contributed by atoms with Gasteiger partial charge in [-0.1, -0.05) is 23.7 Å². The summed E-state index contributed by atoms with van der Waals surface area (Å²) in [5, 5.41) is 10.8. The van der Waals surface area contributed by atoms with Crippen molar-refractivity contribution in [2.24, 2.45) is 0 Å². The Kier molecular flexibility index (Phi) is 3.68. The molecule has 0 heterocycles. The van der Waals surface area contributed by atoms with E-state index >= 15 is 0 Å². The Bertz CT molecular complexity index is 348. The molecule has 3 nitrogen and oxygen atoms in total. The van der Waals surface area contributed by atoms with E-state index in [0.29, 0.717) is 8.60 Å². The molecule has 0 atom stereocenters. The van der Waals surface area contributed by atoms with Crippen LogP contribution in [-0.2, 0) is 0 Å². The Morgan fingerprint density at radius 1 is 1.46 bits per heavy atom. The third-order valence-electron chi connectivity index (χ3n) is 1.34. The predicted octanol–water partition coefficient (Wildman–Crippen LogP) is 3.35. The van der Waals surface area contributed by atoms with Crippen LogP contribution in [-0.4, -0.2) is 4.92 Å². The minimum atomic E-state index is -0.476. The van der Waals surface area contributed by atoms with E-state index in [1.54, 1.807) is 24.3 Å². The SMILES string of the molecule is O=[N+]([O-])/C=C(\I)c1ccc(Cl)cc1. The van der Waals surface area contributed by atoms with Crippen molar-refractivity contribution in [1.82, 2.24) is 0 Å². The molecule has 0 aliphatic carbocycles. The van der Waals surface area contributed by atoms with E-state index in [1.165, 1.54) is 0 Å². The van der Waals surface area contributed by atoms with Crippen molar-refractivity contribution >= 4 is 37.8 Å². The molecule has 0 saturated carbocycles. The zero-order valence-electron chi connectivity index (χ0n) is 6.41. The molecule has 1 rings (SSSR count). The molecule has 5 heteroatoms. The van der Waals surface area contributed by atoms with Crippen LogP contribution < -0.4 is 0 Å². The van der Waals surface area contributed by atoms with Gasteiger partial charge in [0.1, 0.15) is 0 Å². The molecular formula is C8H5ClINO2. The lowest BCUT2D eigenvalue weighted by Crippen LogP contribution is -1.85. The van der Waals surface area contributed by atoms with Crippen LogP contribution in [0.3, 0.4) is 0 Å². The number of rotatable bonds is 2. The summed E-state index contributed by atoms with van der Waals surface area (Å²) in [6.45, 7) is 0. The molecule has 0 amide bonds. The molecule has 68 valence electrons. The van der Waals surface area contributed by atoms with Gasteiger partial charge in [0.15, 0.2) is 0 Å². The molecule has 0 spiro atoms. The van der Waals surface area contributed by atoms with Crippen LogP contribution in [0, 0.1) is 10.1 Å². The van der Waals surface area contributed by atoms with Crippen LogP contribution in [0.25, 0.3) is 3.58 Å². The van der Waals surface area contributed by atoms with E-state index in [4.69, 9.17) is 11.6 Å². The van der Waals surface area contributed by atoms with Crippen LogP contribution >= 0.6 is 34.2 Å². The van der Waals surface area contributed by atoms with E-state index in [1.807, 2.05) is 22.6 Å². The van der Waals surface area contributed by atoms with Crippen molar-refractivity contribution in [3.8, 4) is 0 Å². The smallest absolute Gasteiger partial charge is 0.248 e. The van der Waals surface area contributed by atoms with Crippen molar-refractivity contribution in [3.63, 3.8) is 0 Å². The maximum absolute atomic E-state index is 10.1. The molecule has 0 N–H and O–H groups in total. The van der Waals surface area contributed by atoms with E-state index in [0.717, 1.165) is 11.8 Å². The van der Waals surface area contributed by atoms with E-state index in [9.17, 15) is 10.1 Å². The Hall–Kier alpha value is -0.620. The zero-order chi connectivity index (χ0) is 9.84. The first-order valence-electron chi connectivity index (χ1n) is 3.36. The normalized spacial score (nSPS) is 11.4. The molecule has 0 bridgehead atoms. The summed E-state index contributed by atoms with van der Waals surface area (Å²) in [7, 11) is 0. The molecule has 0 aromatic heterocycles. The van der Waals surface area contributed by atoms with Crippen molar-refractivity contribution in [1.29, 1.82) is 0 Å². The van der Waals surface area contributed by atoms with Gasteiger partial charge >= 0.3 is 0 Å². The second-order valence-corrected chi connectivity index (χ2v) is 3.87. The lowest BCUT2D eigenvalue weighted by Gasteiger charge is -1.95. The number of nitrogens with zero attached hydrogens (tertiary/aromatic N) is 1. The zero-order valence-corrected chi connectivity index (χ0v) is 9.32. The summed E-state index contributed by atoms with van der Waals surface area (Å²) < 4.78 is 0.583. The topological polar surface area (TPSA) is 43.1 Å². The van der Waals surface area contributed by atoms with Gasteiger partial charge in [-0.25, -0.2) is 0 Å².